The van der Waals surface area contributed by atoms with Gasteiger partial charge in [-0.15, -0.1) is 0 Å². The molecule has 0 saturated heterocycles. The summed E-state index contributed by atoms with van der Waals surface area (Å²) in [6.45, 7) is 3.51. The van der Waals surface area contributed by atoms with Crippen molar-refractivity contribution in [2.75, 3.05) is 0 Å². The van der Waals surface area contributed by atoms with E-state index >= 15 is 0 Å². The third-order valence-corrected chi connectivity index (χ3v) is 2.89. The van der Waals surface area contributed by atoms with Crippen LogP contribution in [-0.2, 0) is 0 Å². The zero-order chi connectivity index (χ0) is 11.7. The molecule has 0 aliphatic heterocycles. The van der Waals surface area contributed by atoms with Gasteiger partial charge in [-0.1, -0.05) is 36.4 Å². The molecule has 2 unspecified atom stereocenters. The van der Waals surface area contributed by atoms with E-state index in [-0.39, 0.29) is 0 Å². The van der Waals surface area contributed by atoms with Gasteiger partial charge in [0.2, 0.25) is 0 Å². The van der Waals surface area contributed by atoms with Crippen LogP contribution in [0.4, 0.5) is 0 Å². The second-order valence-corrected chi connectivity index (χ2v) is 4.14. The van der Waals surface area contributed by atoms with Crippen molar-refractivity contribution in [2.45, 2.75) is 26.1 Å². The number of rotatable bonds is 2. The van der Waals surface area contributed by atoms with Gasteiger partial charge in [0.05, 0.1) is 12.2 Å². The smallest absolute Gasteiger partial charge is 0.0767 e. The molecule has 2 N–H and O–H groups in total. The van der Waals surface area contributed by atoms with Crippen LogP contribution in [0.3, 0.4) is 0 Å². The van der Waals surface area contributed by atoms with Crippen molar-refractivity contribution >= 4 is 10.8 Å². The summed E-state index contributed by atoms with van der Waals surface area (Å²) in [6.07, 6.45) is -0.985. The first-order valence-electron chi connectivity index (χ1n) is 5.49. The molecular formula is C14H16O2. The number of fused-ring (bicyclic) bond motifs is 1. The fraction of sp³-hybridized carbons (Fsp3) is 0.286. The quantitative estimate of drug-likeness (QED) is 0.810. The average molecular weight is 216 g/mol. The van der Waals surface area contributed by atoms with Crippen LogP contribution in [0.2, 0.25) is 0 Å². The van der Waals surface area contributed by atoms with Gasteiger partial charge in [-0.3, -0.25) is 0 Å². The van der Waals surface area contributed by atoms with Crippen LogP contribution in [0.25, 0.3) is 10.8 Å². The van der Waals surface area contributed by atoms with Crippen molar-refractivity contribution in [3.63, 3.8) is 0 Å². The molecular weight excluding hydrogens is 200 g/mol. The maximum Gasteiger partial charge on any atom is 0.0767 e. The van der Waals surface area contributed by atoms with E-state index in [2.05, 4.69) is 0 Å². The van der Waals surface area contributed by atoms with Gasteiger partial charge >= 0.3 is 0 Å². The minimum Gasteiger partial charge on any atom is -0.389 e. The van der Waals surface area contributed by atoms with Crippen molar-refractivity contribution in [3.8, 4) is 0 Å². The van der Waals surface area contributed by atoms with Crippen LogP contribution in [-0.4, -0.2) is 10.2 Å². The van der Waals surface area contributed by atoms with Gasteiger partial charge in [0.15, 0.2) is 0 Å². The lowest BCUT2D eigenvalue weighted by Gasteiger charge is -2.13. The van der Waals surface area contributed by atoms with Crippen molar-refractivity contribution in [1.29, 1.82) is 0 Å². The molecule has 0 heterocycles. The summed E-state index contributed by atoms with van der Waals surface area (Å²) >= 11 is 0. The molecule has 0 bridgehead atoms. The number of hydrogen-bond acceptors (Lipinski definition) is 2. The van der Waals surface area contributed by atoms with E-state index in [1.165, 1.54) is 0 Å². The average Bonchev–Trinajstić information content (AvgIpc) is 2.27. The first-order chi connectivity index (χ1) is 7.61. The lowest BCUT2D eigenvalue weighted by Crippen LogP contribution is -1.96. The van der Waals surface area contributed by atoms with E-state index in [1.54, 1.807) is 13.8 Å². The largest absolute Gasteiger partial charge is 0.389 e. The Balaban J connectivity index is 2.76. The topological polar surface area (TPSA) is 40.5 Å². The molecule has 0 amide bonds. The minimum atomic E-state index is -0.493. The molecule has 0 aromatic heterocycles. The molecule has 0 fully saturated rings. The Morgan fingerprint density at radius 2 is 1.12 bits per heavy atom. The van der Waals surface area contributed by atoms with E-state index in [0.29, 0.717) is 0 Å². The predicted octanol–water partition coefficient (Wildman–Crippen LogP) is 2.95. The Labute approximate surface area is 95.2 Å². The molecule has 2 heteroatoms. The molecule has 2 aromatic rings. The second kappa shape index (κ2) is 4.24. The zero-order valence-corrected chi connectivity index (χ0v) is 9.51. The van der Waals surface area contributed by atoms with Crippen molar-refractivity contribution in [2.24, 2.45) is 0 Å². The van der Waals surface area contributed by atoms with Gasteiger partial charge in [-0.2, -0.15) is 0 Å². The molecule has 16 heavy (non-hydrogen) atoms. The standard InChI is InChI=1S/C14H16O2/c1-9(15)11-5-3-8-14-12(10(2)16)6-4-7-13(11)14/h3-10,15-16H,1-2H3. The maximum absolute atomic E-state index is 9.69. The SMILES string of the molecule is CC(O)c1cccc2c(C(C)O)cccc12. The third-order valence-electron chi connectivity index (χ3n) is 2.89. The number of hydrogen-bond donors (Lipinski definition) is 2. The fourth-order valence-electron chi connectivity index (χ4n) is 2.09. The second-order valence-electron chi connectivity index (χ2n) is 4.14. The Morgan fingerprint density at radius 3 is 1.44 bits per heavy atom. The van der Waals surface area contributed by atoms with Crippen LogP contribution in [0.15, 0.2) is 36.4 Å². The summed E-state index contributed by atoms with van der Waals surface area (Å²) in [5.74, 6) is 0. The molecule has 2 aromatic carbocycles. The summed E-state index contributed by atoms with van der Waals surface area (Å²) in [5, 5.41) is 21.4. The van der Waals surface area contributed by atoms with Crippen LogP contribution in [0.5, 0.6) is 0 Å². The van der Waals surface area contributed by atoms with Crippen LogP contribution < -0.4 is 0 Å². The van der Waals surface area contributed by atoms with Crippen molar-refractivity contribution in [1.82, 2.24) is 0 Å². The molecule has 84 valence electrons. The number of aliphatic hydroxyl groups is 2. The molecule has 0 saturated carbocycles. The van der Waals surface area contributed by atoms with Gasteiger partial charge < -0.3 is 10.2 Å². The van der Waals surface area contributed by atoms with Gasteiger partial charge in [-0.25, -0.2) is 0 Å². The first-order valence-corrected chi connectivity index (χ1v) is 5.49. The monoisotopic (exact) mass is 216 g/mol. The van der Waals surface area contributed by atoms with Crippen LogP contribution in [0.1, 0.15) is 37.2 Å². The highest BCUT2D eigenvalue weighted by atomic mass is 16.3. The summed E-state index contributed by atoms with van der Waals surface area (Å²) in [4.78, 5) is 0. The van der Waals surface area contributed by atoms with Crippen molar-refractivity contribution < 1.29 is 10.2 Å². The van der Waals surface area contributed by atoms with Gasteiger partial charge in [0.25, 0.3) is 0 Å². The summed E-state index contributed by atoms with van der Waals surface area (Å²) in [5.41, 5.74) is 1.81. The molecule has 2 nitrogen and oxygen atoms in total. The lowest BCUT2D eigenvalue weighted by atomic mass is 9.96. The zero-order valence-electron chi connectivity index (χ0n) is 9.51. The highest BCUT2D eigenvalue weighted by molar-refractivity contribution is 5.89. The molecule has 0 aliphatic carbocycles. The van der Waals surface area contributed by atoms with E-state index in [4.69, 9.17) is 0 Å². The fourth-order valence-corrected chi connectivity index (χ4v) is 2.09. The summed E-state index contributed by atoms with van der Waals surface area (Å²) in [6, 6.07) is 11.6. The normalized spacial score (nSPS) is 15.0. The van der Waals surface area contributed by atoms with E-state index in [1.807, 2.05) is 36.4 Å². The minimum absolute atomic E-state index is 0.493. The Bertz CT molecular complexity index is 454. The van der Waals surface area contributed by atoms with Gasteiger partial charge in [-0.05, 0) is 35.7 Å². The third kappa shape index (κ3) is 1.82. The Hall–Kier alpha value is -1.38. The van der Waals surface area contributed by atoms with E-state index in [0.717, 1.165) is 21.9 Å². The Kier molecular flexibility index (Phi) is 2.95. The van der Waals surface area contributed by atoms with Gasteiger partial charge in [0.1, 0.15) is 0 Å². The van der Waals surface area contributed by atoms with Crippen molar-refractivity contribution in [3.05, 3.63) is 47.5 Å². The Morgan fingerprint density at radius 1 is 0.750 bits per heavy atom. The first kappa shape index (κ1) is 11.1. The summed E-state index contributed by atoms with van der Waals surface area (Å²) in [7, 11) is 0. The number of aliphatic hydroxyl groups excluding tert-OH is 2. The highest BCUT2D eigenvalue weighted by Crippen LogP contribution is 2.29. The maximum atomic E-state index is 9.69. The molecule has 0 radical (unpaired) electrons. The molecule has 0 aliphatic rings. The van der Waals surface area contributed by atoms with Crippen LogP contribution >= 0.6 is 0 Å². The highest BCUT2D eigenvalue weighted by Gasteiger charge is 2.10. The molecule has 0 spiro atoms. The molecule has 2 rings (SSSR count). The summed E-state index contributed by atoms with van der Waals surface area (Å²) < 4.78 is 0. The van der Waals surface area contributed by atoms with E-state index in [9.17, 15) is 10.2 Å². The van der Waals surface area contributed by atoms with Crippen LogP contribution in [0, 0.1) is 0 Å². The number of benzene rings is 2. The predicted molar refractivity (Wildman–Crippen MR) is 65.2 cm³/mol. The molecule has 2 atom stereocenters. The van der Waals surface area contributed by atoms with Gasteiger partial charge in [0, 0.05) is 0 Å². The lowest BCUT2D eigenvalue weighted by molar-refractivity contribution is 0.199. The van der Waals surface area contributed by atoms with E-state index < -0.39 is 12.2 Å².